The summed E-state index contributed by atoms with van der Waals surface area (Å²) >= 11 is 0. The Bertz CT molecular complexity index is 524. The fourth-order valence-corrected chi connectivity index (χ4v) is 2.26. The summed E-state index contributed by atoms with van der Waals surface area (Å²) in [6.45, 7) is 6.19. The van der Waals surface area contributed by atoms with E-state index in [4.69, 9.17) is 0 Å². The summed E-state index contributed by atoms with van der Waals surface area (Å²) in [6, 6.07) is 2.06. The van der Waals surface area contributed by atoms with E-state index in [1.165, 1.54) is 17.0 Å². The molecule has 0 aromatic carbocycles. The third kappa shape index (κ3) is 3.44. The van der Waals surface area contributed by atoms with E-state index in [0.29, 0.717) is 5.92 Å². The number of hydrogen-bond acceptors (Lipinski definition) is 3. The molecule has 0 unspecified atom stereocenters. The average Bonchev–Trinajstić information content (AvgIpc) is 2.91. The molecule has 2 heterocycles. The smallest absolute Gasteiger partial charge is 0.0694 e. The molecule has 0 saturated heterocycles. The Hall–Kier alpha value is -1.62. The third-order valence-electron chi connectivity index (χ3n) is 3.28. The first-order chi connectivity index (χ1) is 9.08. The van der Waals surface area contributed by atoms with Crippen molar-refractivity contribution in [2.75, 3.05) is 6.54 Å². The Morgan fingerprint density at radius 2 is 2.11 bits per heavy atom. The summed E-state index contributed by atoms with van der Waals surface area (Å²) < 4.78 is 3.82. The molecule has 0 fully saturated rings. The van der Waals surface area contributed by atoms with Crippen molar-refractivity contribution in [2.45, 2.75) is 32.7 Å². The fraction of sp³-hybridized carbons (Fsp3) is 0.571. The molecule has 2 aromatic rings. The Morgan fingerprint density at radius 3 is 2.74 bits per heavy atom. The molecule has 19 heavy (non-hydrogen) atoms. The predicted molar refractivity (Wildman–Crippen MR) is 75.9 cm³/mol. The maximum absolute atomic E-state index is 4.52. The van der Waals surface area contributed by atoms with Gasteiger partial charge in [-0.3, -0.25) is 9.36 Å². The second kappa shape index (κ2) is 6.02. The minimum atomic E-state index is 0.468. The van der Waals surface area contributed by atoms with E-state index in [1.54, 1.807) is 0 Å². The van der Waals surface area contributed by atoms with Crippen LogP contribution in [0.3, 0.4) is 0 Å². The van der Waals surface area contributed by atoms with E-state index < -0.39 is 0 Å². The first-order valence-electron chi connectivity index (χ1n) is 6.78. The second-order valence-corrected chi connectivity index (χ2v) is 5.24. The highest BCUT2D eigenvalue weighted by Crippen LogP contribution is 2.16. The molecule has 0 amide bonds. The lowest BCUT2D eigenvalue weighted by Crippen LogP contribution is -2.18. The Morgan fingerprint density at radius 1 is 1.32 bits per heavy atom. The molecule has 5 nitrogen and oxygen atoms in total. The highest BCUT2D eigenvalue weighted by Gasteiger charge is 2.10. The van der Waals surface area contributed by atoms with Gasteiger partial charge in [0.25, 0.3) is 0 Å². The van der Waals surface area contributed by atoms with Crippen LogP contribution in [0.25, 0.3) is 0 Å². The zero-order chi connectivity index (χ0) is 13.8. The molecule has 0 radical (unpaired) electrons. The fourth-order valence-electron chi connectivity index (χ4n) is 2.26. The largest absolute Gasteiger partial charge is 0.312 e. The first-order valence-corrected chi connectivity index (χ1v) is 6.78. The zero-order valence-corrected chi connectivity index (χ0v) is 12.2. The number of rotatable bonds is 6. The van der Waals surface area contributed by atoms with E-state index in [1.807, 2.05) is 29.7 Å². The molecule has 1 N–H and O–H groups in total. The van der Waals surface area contributed by atoms with E-state index >= 15 is 0 Å². The minimum absolute atomic E-state index is 0.468. The van der Waals surface area contributed by atoms with Crippen LogP contribution in [0.1, 0.15) is 36.7 Å². The van der Waals surface area contributed by atoms with Crippen molar-refractivity contribution >= 4 is 0 Å². The zero-order valence-electron chi connectivity index (χ0n) is 12.2. The summed E-state index contributed by atoms with van der Waals surface area (Å²) in [7, 11) is 3.96. The molecule has 2 rings (SSSR count). The molecule has 0 spiro atoms. The second-order valence-electron chi connectivity index (χ2n) is 5.24. The van der Waals surface area contributed by atoms with Gasteiger partial charge in [-0.1, -0.05) is 13.8 Å². The van der Waals surface area contributed by atoms with E-state index in [-0.39, 0.29) is 0 Å². The normalized spacial score (nSPS) is 11.4. The van der Waals surface area contributed by atoms with Gasteiger partial charge in [-0.25, -0.2) is 0 Å². The predicted octanol–water partition coefficient (Wildman–Crippen LogP) is 1.61. The number of aromatic nitrogens is 4. The molecule has 0 bridgehead atoms. The van der Waals surface area contributed by atoms with Crippen LogP contribution >= 0.6 is 0 Å². The van der Waals surface area contributed by atoms with Crippen molar-refractivity contribution in [2.24, 2.45) is 14.1 Å². The van der Waals surface area contributed by atoms with Gasteiger partial charge < -0.3 is 5.32 Å². The molecule has 0 aliphatic rings. The van der Waals surface area contributed by atoms with Crippen LogP contribution in [0.2, 0.25) is 0 Å². The highest BCUT2D eigenvalue weighted by molar-refractivity contribution is 5.20. The first kappa shape index (κ1) is 13.8. The van der Waals surface area contributed by atoms with Crippen molar-refractivity contribution in [3.8, 4) is 0 Å². The van der Waals surface area contributed by atoms with Gasteiger partial charge in [0.1, 0.15) is 0 Å². The topological polar surface area (TPSA) is 47.7 Å². The lowest BCUT2D eigenvalue weighted by atomic mass is 10.1. The quantitative estimate of drug-likeness (QED) is 0.804. The van der Waals surface area contributed by atoms with Gasteiger partial charge in [0.05, 0.1) is 5.69 Å². The molecular formula is C14H23N5. The number of aryl methyl sites for hydroxylation is 2. The van der Waals surface area contributed by atoms with Crippen LogP contribution in [0.4, 0.5) is 0 Å². The Balaban J connectivity index is 1.84. The van der Waals surface area contributed by atoms with Crippen molar-refractivity contribution < 1.29 is 0 Å². The van der Waals surface area contributed by atoms with Crippen molar-refractivity contribution in [3.05, 3.63) is 35.4 Å². The summed E-state index contributed by atoms with van der Waals surface area (Å²) in [6.07, 6.45) is 4.94. The van der Waals surface area contributed by atoms with E-state index in [2.05, 4.69) is 41.6 Å². The SMILES string of the molecule is CC(C)c1nn(C)cc1CNCCc1ccnn1C. The van der Waals surface area contributed by atoms with E-state index in [0.717, 1.165) is 19.5 Å². The minimum Gasteiger partial charge on any atom is -0.312 e. The summed E-state index contributed by atoms with van der Waals surface area (Å²) in [5.41, 5.74) is 3.74. The molecule has 0 aliphatic heterocycles. The molecular weight excluding hydrogens is 238 g/mol. The van der Waals surface area contributed by atoms with Gasteiger partial charge in [-0.2, -0.15) is 10.2 Å². The van der Waals surface area contributed by atoms with Crippen LogP contribution in [0.5, 0.6) is 0 Å². The number of hydrogen-bond donors (Lipinski definition) is 1. The standard InChI is InChI=1S/C14H23N5/c1-11(2)14-12(10-18(3)17-14)9-15-7-5-13-6-8-16-19(13)4/h6,8,10-11,15H,5,7,9H2,1-4H3. The summed E-state index contributed by atoms with van der Waals surface area (Å²) in [5, 5.41) is 12.2. The maximum Gasteiger partial charge on any atom is 0.0694 e. The summed E-state index contributed by atoms with van der Waals surface area (Å²) in [4.78, 5) is 0. The van der Waals surface area contributed by atoms with Gasteiger partial charge in [0.2, 0.25) is 0 Å². The van der Waals surface area contributed by atoms with E-state index in [9.17, 15) is 0 Å². The maximum atomic E-state index is 4.52. The monoisotopic (exact) mass is 261 g/mol. The van der Waals surface area contributed by atoms with Crippen LogP contribution < -0.4 is 5.32 Å². The lowest BCUT2D eigenvalue weighted by molar-refractivity contribution is 0.638. The lowest BCUT2D eigenvalue weighted by Gasteiger charge is -2.07. The molecule has 104 valence electrons. The van der Waals surface area contributed by atoms with Crippen molar-refractivity contribution in [1.82, 2.24) is 24.9 Å². The van der Waals surface area contributed by atoms with Gasteiger partial charge in [-0.05, 0) is 12.0 Å². The molecule has 2 aromatic heterocycles. The van der Waals surface area contributed by atoms with Gasteiger partial charge >= 0.3 is 0 Å². The van der Waals surface area contributed by atoms with Gasteiger partial charge in [0.15, 0.2) is 0 Å². The summed E-state index contributed by atoms with van der Waals surface area (Å²) in [5.74, 6) is 0.468. The number of nitrogens with one attached hydrogen (secondary N) is 1. The van der Waals surface area contributed by atoms with Crippen molar-refractivity contribution in [1.29, 1.82) is 0 Å². The molecule has 0 atom stereocenters. The average molecular weight is 261 g/mol. The molecule has 0 aliphatic carbocycles. The van der Waals surface area contributed by atoms with Crippen molar-refractivity contribution in [3.63, 3.8) is 0 Å². The third-order valence-corrected chi connectivity index (χ3v) is 3.28. The molecule has 0 saturated carbocycles. The van der Waals surface area contributed by atoms with Crippen LogP contribution in [-0.2, 0) is 27.1 Å². The van der Waals surface area contributed by atoms with Crippen LogP contribution in [0, 0.1) is 0 Å². The van der Waals surface area contributed by atoms with Crippen LogP contribution in [0.15, 0.2) is 18.5 Å². The van der Waals surface area contributed by atoms with Gasteiger partial charge in [0, 0.05) is 57.3 Å². The highest BCUT2D eigenvalue weighted by atomic mass is 15.3. The molecule has 5 heteroatoms. The van der Waals surface area contributed by atoms with Crippen LogP contribution in [-0.4, -0.2) is 26.1 Å². The van der Waals surface area contributed by atoms with Gasteiger partial charge in [-0.15, -0.1) is 0 Å². The Kier molecular flexibility index (Phi) is 4.37. The number of nitrogens with zero attached hydrogens (tertiary/aromatic N) is 4. The Labute approximate surface area is 114 Å².